The number of unbranched alkanes of at least 4 members (excludes halogenated alkanes) is 1. The van der Waals surface area contributed by atoms with Crippen LogP contribution in [0.4, 0.5) is 5.69 Å². The van der Waals surface area contributed by atoms with Crippen LogP contribution in [-0.4, -0.2) is 254 Å². The van der Waals surface area contributed by atoms with Gasteiger partial charge in [0.1, 0.15) is 18.1 Å². The number of aliphatic hydroxyl groups is 1. The molecule has 28 heteroatoms. The van der Waals surface area contributed by atoms with E-state index in [1.165, 1.54) is 19.1 Å². The molecule has 0 spiro atoms. The molecule has 484 valence electrons. The van der Waals surface area contributed by atoms with Crippen LogP contribution in [0.1, 0.15) is 64.9 Å². The number of methoxy groups -OCH3 is 1. The van der Waals surface area contributed by atoms with Crippen molar-refractivity contribution in [2.75, 3.05) is 184 Å². The molecule has 0 aromatic heterocycles. The van der Waals surface area contributed by atoms with Gasteiger partial charge in [0.2, 0.25) is 35.4 Å². The number of hydrogen-bond acceptors (Lipinski definition) is 21. The van der Waals surface area contributed by atoms with Crippen molar-refractivity contribution in [3.8, 4) is 0 Å². The van der Waals surface area contributed by atoms with Crippen LogP contribution in [0.25, 0.3) is 0 Å². The number of carbonyl (C=O) groups excluding carboxylic acids is 8. The highest BCUT2D eigenvalue weighted by Crippen LogP contribution is 2.11. The maximum Gasteiger partial charge on any atom is 0.253 e. The molecule has 0 saturated heterocycles. The Morgan fingerprint density at radius 2 is 0.906 bits per heavy atom. The van der Waals surface area contributed by atoms with Gasteiger partial charge < -0.3 is 93.8 Å². The Morgan fingerprint density at radius 3 is 1.38 bits per heavy atom. The summed E-state index contributed by atoms with van der Waals surface area (Å²) in [6, 6.07) is 3.93. The van der Waals surface area contributed by atoms with Crippen LogP contribution < -0.4 is 31.9 Å². The van der Waals surface area contributed by atoms with E-state index < -0.39 is 59.5 Å². The van der Waals surface area contributed by atoms with Crippen molar-refractivity contribution in [2.24, 2.45) is 5.92 Å². The van der Waals surface area contributed by atoms with Gasteiger partial charge in [0.15, 0.2) is 0 Å². The van der Waals surface area contributed by atoms with Crippen LogP contribution in [0.3, 0.4) is 0 Å². The summed E-state index contributed by atoms with van der Waals surface area (Å²) in [4.78, 5) is 102. The molecule has 8 amide bonds. The van der Waals surface area contributed by atoms with Crippen LogP contribution in [-0.2, 0) is 102 Å². The van der Waals surface area contributed by atoms with Gasteiger partial charge >= 0.3 is 0 Å². The first kappa shape index (κ1) is 75.5. The lowest BCUT2D eigenvalue weighted by Crippen LogP contribution is -2.53. The second kappa shape index (κ2) is 50.5. The molecule has 0 bridgehead atoms. The van der Waals surface area contributed by atoms with E-state index in [4.69, 9.17) is 56.8 Å². The Bertz CT molecular complexity index is 2020. The molecule has 1 aliphatic rings. The molecule has 1 aliphatic heterocycles. The van der Waals surface area contributed by atoms with Gasteiger partial charge in [-0.3, -0.25) is 43.3 Å². The Balaban J connectivity index is 1.60. The predicted octanol–water partition coefficient (Wildman–Crippen LogP) is -0.425. The molecule has 2 rings (SSSR count). The van der Waals surface area contributed by atoms with Crippen molar-refractivity contribution in [1.82, 2.24) is 31.5 Å². The zero-order valence-electron chi connectivity index (χ0n) is 50.2. The second-order valence-electron chi connectivity index (χ2n) is 19.3. The van der Waals surface area contributed by atoms with E-state index in [2.05, 4.69) is 31.9 Å². The molecule has 7 N–H and O–H groups in total. The molecule has 3 atom stereocenters. The first-order valence-electron chi connectivity index (χ1n) is 29.1. The zero-order valence-corrected chi connectivity index (χ0v) is 50.2. The van der Waals surface area contributed by atoms with Crippen molar-refractivity contribution in [2.45, 2.75) is 84.0 Å². The number of imide groups is 1. The quantitative estimate of drug-likeness (QED) is 0.0322. The maximum absolute atomic E-state index is 13.3. The highest BCUT2D eigenvalue weighted by Gasteiger charge is 2.27. The molecule has 1 aromatic rings. The van der Waals surface area contributed by atoms with E-state index in [0.717, 1.165) is 4.90 Å². The minimum atomic E-state index is -0.902. The first-order valence-corrected chi connectivity index (χ1v) is 29.1. The Morgan fingerprint density at radius 1 is 0.471 bits per heavy atom. The van der Waals surface area contributed by atoms with Crippen LogP contribution in [0.2, 0.25) is 0 Å². The molecule has 0 aliphatic carbocycles. The van der Waals surface area contributed by atoms with Crippen molar-refractivity contribution in [1.29, 1.82) is 0 Å². The lowest BCUT2D eigenvalue weighted by atomic mass is 10.0. The van der Waals surface area contributed by atoms with Crippen LogP contribution >= 0.6 is 0 Å². The number of amides is 8. The number of nitrogens with zero attached hydrogens (tertiary/aromatic N) is 1. The molecule has 85 heavy (non-hydrogen) atoms. The van der Waals surface area contributed by atoms with Crippen LogP contribution in [0.15, 0.2) is 36.4 Å². The number of benzene rings is 1. The minimum Gasteiger partial charge on any atom is -0.392 e. The van der Waals surface area contributed by atoms with Gasteiger partial charge in [-0.25, -0.2) is 0 Å². The summed E-state index contributed by atoms with van der Waals surface area (Å²) in [5.74, 6) is -3.49. The molecule has 1 aromatic carbocycles. The fraction of sp³-hybridized carbons (Fsp3) is 0.719. The molecular weight excluding hydrogens is 1120 g/mol. The summed E-state index contributed by atoms with van der Waals surface area (Å²) in [7, 11) is 1.62. The molecule has 0 fully saturated rings. The summed E-state index contributed by atoms with van der Waals surface area (Å²) >= 11 is 0. The molecule has 28 nitrogen and oxygen atoms in total. The zero-order chi connectivity index (χ0) is 62.0. The van der Waals surface area contributed by atoms with E-state index in [-0.39, 0.29) is 117 Å². The average molecular weight is 1210 g/mol. The largest absolute Gasteiger partial charge is 0.392 e. The lowest BCUT2D eigenvalue weighted by Gasteiger charge is -2.24. The maximum atomic E-state index is 13.3. The Labute approximate surface area is 499 Å². The summed E-state index contributed by atoms with van der Waals surface area (Å²) in [5, 5.41) is 25.7. The Kier molecular flexibility index (Phi) is 44.9. The summed E-state index contributed by atoms with van der Waals surface area (Å²) < 4.78 is 65.2. The average Bonchev–Trinajstić information content (AvgIpc) is 3.84. The molecular formula is C57H95N7O21. The number of ether oxygens (including phenoxy) is 12. The summed E-state index contributed by atoms with van der Waals surface area (Å²) in [5.41, 5.74) is 1.19. The van der Waals surface area contributed by atoms with Gasteiger partial charge in [-0.2, -0.15) is 0 Å². The number of aliphatic hydroxyl groups excluding tert-OH is 1. The standard InChI is InChI=1S/C57H95N7O21/c1-44(2)54(57(73)60-45(3)55(71)61-47-10-8-46(43-65)9-11-47)63-51(68)16-22-77-27-30-78-23-18-59-56(72)48(62-50(67)15-21-76-28-31-79-24-19-64-52(69)12-13-53(64)70)7-5-6-17-58-49(66)14-20-75-29-32-81-35-36-83-39-40-85-42-41-84-38-37-82-34-33-80-26-25-74-4/h8-13,44-45,48,54,65H,5-7,14-43H2,1-4H3,(H,58,66)(H,59,72)(H,60,73)(H,61,71)(H,62,67)(H,63,68)/t45-,48-,54-/m0/s1. The van der Waals surface area contributed by atoms with Crippen LogP contribution in [0, 0.1) is 5.92 Å². The second-order valence-corrected chi connectivity index (χ2v) is 19.3. The van der Waals surface area contributed by atoms with Gasteiger partial charge in [-0.05, 0) is 49.8 Å². The highest BCUT2D eigenvalue weighted by atomic mass is 16.6. The molecule has 0 saturated carbocycles. The fourth-order valence-electron chi connectivity index (χ4n) is 7.30. The van der Waals surface area contributed by atoms with Gasteiger partial charge in [0.25, 0.3) is 11.8 Å². The van der Waals surface area contributed by atoms with Crippen molar-refractivity contribution in [3.63, 3.8) is 0 Å². The van der Waals surface area contributed by atoms with Crippen molar-refractivity contribution >= 4 is 52.9 Å². The van der Waals surface area contributed by atoms with E-state index >= 15 is 0 Å². The smallest absolute Gasteiger partial charge is 0.253 e. The monoisotopic (exact) mass is 1210 g/mol. The third kappa shape index (κ3) is 39.7. The van der Waals surface area contributed by atoms with E-state index in [0.29, 0.717) is 123 Å². The molecule has 1 heterocycles. The van der Waals surface area contributed by atoms with Crippen molar-refractivity contribution in [3.05, 3.63) is 42.0 Å². The number of anilines is 1. The minimum absolute atomic E-state index is 0.0350. The number of carbonyl (C=O) groups is 8. The molecule has 0 unspecified atom stereocenters. The number of hydrogen-bond donors (Lipinski definition) is 7. The number of rotatable bonds is 56. The normalized spacial score (nSPS) is 13.2. The van der Waals surface area contributed by atoms with Crippen molar-refractivity contribution < 1.29 is 100 Å². The molecule has 0 radical (unpaired) electrons. The summed E-state index contributed by atoms with van der Waals surface area (Å²) in [6.45, 7) is 13.1. The topological polar surface area (TPSA) is 343 Å². The van der Waals surface area contributed by atoms with Gasteiger partial charge in [0.05, 0.1) is 165 Å². The van der Waals surface area contributed by atoms with E-state index in [9.17, 15) is 43.5 Å². The third-order valence-corrected chi connectivity index (χ3v) is 12.0. The SMILES string of the molecule is COCCOCCOCCOCCOCCOCCOCCOCCC(=O)NCCCC[C@H](NC(=O)CCOCCOCCN1C(=O)C=CC1=O)C(=O)NCCOCCOCCC(=O)N[C@H](C(=O)N[C@@H](C)C(=O)Nc1ccc(CO)cc1)C(C)C. The Hall–Kier alpha value is -5.60. The van der Waals surface area contributed by atoms with Crippen LogP contribution in [0.5, 0.6) is 0 Å². The van der Waals surface area contributed by atoms with E-state index in [1.54, 1.807) is 45.2 Å². The fourth-order valence-corrected chi connectivity index (χ4v) is 7.30. The summed E-state index contributed by atoms with van der Waals surface area (Å²) in [6.07, 6.45) is 3.80. The first-order chi connectivity index (χ1) is 41.2. The number of nitrogens with one attached hydrogen (secondary N) is 6. The predicted molar refractivity (Wildman–Crippen MR) is 308 cm³/mol. The highest BCUT2D eigenvalue weighted by molar-refractivity contribution is 6.12. The van der Waals surface area contributed by atoms with Gasteiger partial charge in [0, 0.05) is 57.3 Å². The van der Waals surface area contributed by atoms with Gasteiger partial charge in [-0.1, -0.05) is 26.0 Å². The van der Waals surface area contributed by atoms with E-state index in [1.807, 2.05) is 0 Å². The third-order valence-electron chi connectivity index (χ3n) is 12.0. The lowest BCUT2D eigenvalue weighted by molar-refractivity contribution is -0.138. The van der Waals surface area contributed by atoms with Gasteiger partial charge in [-0.15, -0.1) is 0 Å².